The first-order valence-corrected chi connectivity index (χ1v) is 11.3. The van der Waals surface area contributed by atoms with Gasteiger partial charge in [0.25, 0.3) is 0 Å². The average molecular weight is 504 g/mol. The molecule has 1 aliphatic carbocycles. The number of alkyl halides is 3. The third kappa shape index (κ3) is 6.09. The SMILES string of the molecule is CCOC1=CC(c2ncc(NC(=O)Nc3ccc(C(C)(C)CN)c(C(F)(F)F)c3)c(C)n2)=CCC1=O. The molecule has 11 heteroatoms. The predicted octanol–water partition coefficient (Wildman–Crippen LogP) is 4.96. The van der Waals surface area contributed by atoms with E-state index in [4.69, 9.17) is 10.5 Å². The minimum Gasteiger partial charge on any atom is -0.490 e. The van der Waals surface area contributed by atoms with Crippen molar-refractivity contribution in [1.29, 1.82) is 0 Å². The van der Waals surface area contributed by atoms with Crippen molar-refractivity contribution >= 4 is 28.8 Å². The summed E-state index contributed by atoms with van der Waals surface area (Å²) in [5, 5.41) is 4.97. The zero-order chi connectivity index (χ0) is 26.7. The van der Waals surface area contributed by atoms with Crippen molar-refractivity contribution in [2.24, 2.45) is 5.73 Å². The quantitative estimate of drug-likeness (QED) is 0.491. The van der Waals surface area contributed by atoms with Gasteiger partial charge in [-0.25, -0.2) is 14.8 Å². The Morgan fingerprint density at radius 1 is 1.19 bits per heavy atom. The number of aromatic nitrogens is 2. The van der Waals surface area contributed by atoms with Crippen LogP contribution in [0.1, 0.15) is 49.8 Å². The summed E-state index contributed by atoms with van der Waals surface area (Å²) in [5.74, 6) is 0.439. The number of aryl methyl sites for hydroxylation is 1. The lowest BCUT2D eigenvalue weighted by Crippen LogP contribution is -2.31. The van der Waals surface area contributed by atoms with Gasteiger partial charge in [0, 0.05) is 29.6 Å². The van der Waals surface area contributed by atoms with Crippen LogP contribution in [0.5, 0.6) is 0 Å². The third-order valence-electron chi connectivity index (χ3n) is 5.68. The Balaban J connectivity index is 1.77. The van der Waals surface area contributed by atoms with Crippen LogP contribution in [0.25, 0.3) is 5.57 Å². The Morgan fingerprint density at radius 3 is 2.53 bits per heavy atom. The Labute approximate surface area is 206 Å². The molecule has 1 aliphatic rings. The van der Waals surface area contributed by atoms with Gasteiger partial charge in [0.15, 0.2) is 11.6 Å². The second-order valence-corrected chi connectivity index (χ2v) is 8.85. The molecule has 2 aromatic rings. The van der Waals surface area contributed by atoms with Crippen LogP contribution in [0.2, 0.25) is 0 Å². The largest absolute Gasteiger partial charge is 0.490 e. The van der Waals surface area contributed by atoms with Crippen LogP contribution in [0, 0.1) is 6.92 Å². The summed E-state index contributed by atoms with van der Waals surface area (Å²) in [6, 6.07) is 2.85. The highest BCUT2D eigenvalue weighted by Gasteiger charge is 2.37. The monoisotopic (exact) mass is 503 g/mol. The Morgan fingerprint density at radius 2 is 1.92 bits per heavy atom. The van der Waals surface area contributed by atoms with Crippen molar-refractivity contribution < 1.29 is 27.5 Å². The first kappa shape index (κ1) is 26.9. The third-order valence-corrected chi connectivity index (χ3v) is 5.68. The van der Waals surface area contributed by atoms with Crippen LogP contribution in [0.4, 0.5) is 29.3 Å². The van der Waals surface area contributed by atoms with Crippen molar-refractivity contribution in [3.8, 4) is 0 Å². The molecule has 1 aromatic carbocycles. The lowest BCUT2D eigenvalue weighted by molar-refractivity contribution is -0.138. The lowest BCUT2D eigenvalue weighted by Gasteiger charge is -2.27. The molecular weight excluding hydrogens is 475 g/mol. The van der Waals surface area contributed by atoms with Crippen LogP contribution in [0.15, 0.2) is 42.3 Å². The van der Waals surface area contributed by atoms with Gasteiger partial charge < -0.3 is 21.1 Å². The highest BCUT2D eigenvalue weighted by Crippen LogP contribution is 2.38. The number of urea groups is 1. The van der Waals surface area contributed by atoms with Crippen LogP contribution < -0.4 is 16.4 Å². The summed E-state index contributed by atoms with van der Waals surface area (Å²) in [6.07, 6.45) is 0.181. The maximum Gasteiger partial charge on any atom is 0.416 e. The molecule has 0 aliphatic heterocycles. The maximum atomic E-state index is 13.7. The molecule has 2 amide bonds. The summed E-state index contributed by atoms with van der Waals surface area (Å²) in [4.78, 5) is 33.0. The molecule has 3 rings (SSSR count). The number of ether oxygens (including phenoxy) is 1. The second-order valence-electron chi connectivity index (χ2n) is 8.85. The van der Waals surface area contributed by atoms with Crippen molar-refractivity contribution in [2.75, 3.05) is 23.8 Å². The summed E-state index contributed by atoms with van der Waals surface area (Å²) in [7, 11) is 0. The molecule has 0 fully saturated rings. The number of benzene rings is 1. The van der Waals surface area contributed by atoms with Crippen LogP contribution in [-0.4, -0.2) is 34.9 Å². The van der Waals surface area contributed by atoms with Gasteiger partial charge in [0.05, 0.1) is 29.7 Å². The van der Waals surface area contributed by atoms with Crippen LogP contribution >= 0.6 is 0 Å². The van der Waals surface area contributed by atoms with Crippen LogP contribution in [-0.2, 0) is 21.1 Å². The number of nitrogens with one attached hydrogen (secondary N) is 2. The van der Waals surface area contributed by atoms with Crippen molar-refractivity contribution in [1.82, 2.24) is 9.97 Å². The number of rotatable bonds is 7. The summed E-state index contributed by atoms with van der Waals surface area (Å²) < 4.78 is 46.4. The smallest absolute Gasteiger partial charge is 0.416 e. The van der Waals surface area contributed by atoms with Crippen LogP contribution in [0.3, 0.4) is 0 Å². The van der Waals surface area contributed by atoms with Gasteiger partial charge >= 0.3 is 12.2 Å². The number of carbonyl (C=O) groups is 2. The Hall–Kier alpha value is -3.73. The van der Waals surface area contributed by atoms with Gasteiger partial charge in [-0.3, -0.25) is 4.79 Å². The predicted molar refractivity (Wildman–Crippen MR) is 130 cm³/mol. The van der Waals surface area contributed by atoms with E-state index < -0.39 is 23.2 Å². The van der Waals surface area contributed by atoms with E-state index in [0.29, 0.717) is 23.7 Å². The van der Waals surface area contributed by atoms with Gasteiger partial charge in [0.1, 0.15) is 0 Å². The number of anilines is 2. The summed E-state index contributed by atoms with van der Waals surface area (Å²) >= 11 is 0. The molecule has 0 spiro atoms. The number of nitrogens with two attached hydrogens (primary N) is 1. The molecule has 0 bridgehead atoms. The molecule has 0 saturated carbocycles. The van der Waals surface area contributed by atoms with E-state index in [-0.39, 0.29) is 41.4 Å². The number of ketones is 1. The maximum absolute atomic E-state index is 13.7. The molecule has 0 radical (unpaired) electrons. The number of allylic oxidation sites excluding steroid dienone is 4. The zero-order valence-electron chi connectivity index (χ0n) is 20.4. The number of Topliss-reactive ketones (excluding diaryl/α,β-unsaturated/α-hetero) is 1. The minimum absolute atomic E-state index is 0.0224. The summed E-state index contributed by atoms with van der Waals surface area (Å²) in [5.41, 5.74) is 5.23. The first-order chi connectivity index (χ1) is 16.9. The number of carbonyl (C=O) groups excluding carboxylic acids is 2. The number of hydrogen-bond donors (Lipinski definition) is 3. The average Bonchev–Trinajstić information content (AvgIpc) is 2.81. The normalized spacial score (nSPS) is 14.2. The standard InChI is InChI=1S/C25H28F3N5O3/c1-5-36-21-10-15(6-9-20(21)34)22-30-12-19(14(2)31-22)33-23(35)32-16-7-8-17(24(3,4)13-29)18(11-16)25(26,27)28/h6-8,10-12H,5,9,13,29H2,1-4H3,(H2,32,33,35). The van der Waals surface area contributed by atoms with Gasteiger partial charge in [-0.1, -0.05) is 26.0 Å². The fourth-order valence-electron chi connectivity index (χ4n) is 3.59. The number of nitrogens with zero attached hydrogens (tertiary/aromatic N) is 2. The van der Waals surface area contributed by atoms with E-state index in [2.05, 4.69) is 20.6 Å². The van der Waals surface area contributed by atoms with Crippen molar-refractivity contribution in [2.45, 2.75) is 45.7 Å². The molecule has 192 valence electrons. The lowest BCUT2D eigenvalue weighted by atomic mass is 9.81. The highest BCUT2D eigenvalue weighted by molar-refractivity contribution is 6.01. The molecule has 36 heavy (non-hydrogen) atoms. The summed E-state index contributed by atoms with van der Waals surface area (Å²) in [6.45, 7) is 7.04. The molecule has 1 heterocycles. The van der Waals surface area contributed by atoms with E-state index in [9.17, 15) is 22.8 Å². The van der Waals surface area contributed by atoms with Crippen molar-refractivity contribution in [3.63, 3.8) is 0 Å². The highest BCUT2D eigenvalue weighted by atomic mass is 19.4. The Bertz CT molecular complexity index is 1240. The van der Waals surface area contributed by atoms with Gasteiger partial charge in [-0.05, 0) is 37.6 Å². The molecule has 0 unspecified atom stereocenters. The van der Waals surface area contributed by atoms with Gasteiger partial charge in [-0.15, -0.1) is 0 Å². The second kappa shape index (κ2) is 10.5. The van der Waals surface area contributed by atoms with E-state index in [0.717, 1.165) is 6.07 Å². The molecule has 4 N–H and O–H groups in total. The fourth-order valence-corrected chi connectivity index (χ4v) is 3.59. The number of hydrogen-bond acceptors (Lipinski definition) is 6. The fraction of sp³-hybridized carbons (Fsp3) is 0.360. The zero-order valence-corrected chi connectivity index (χ0v) is 20.4. The minimum atomic E-state index is -4.62. The topological polar surface area (TPSA) is 119 Å². The number of amides is 2. The molecule has 8 nitrogen and oxygen atoms in total. The molecule has 0 saturated heterocycles. The van der Waals surface area contributed by atoms with Crippen molar-refractivity contribution in [3.05, 3.63) is 65.0 Å². The molecular formula is C25H28F3N5O3. The van der Waals surface area contributed by atoms with Gasteiger partial charge in [0.2, 0.25) is 5.78 Å². The van der Waals surface area contributed by atoms with E-state index in [1.807, 2.05) is 0 Å². The number of halogens is 3. The molecule has 0 atom stereocenters. The first-order valence-electron chi connectivity index (χ1n) is 11.3. The van der Waals surface area contributed by atoms with E-state index >= 15 is 0 Å². The molecule has 1 aromatic heterocycles. The van der Waals surface area contributed by atoms with Gasteiger partial charge in [-0.2, -0.15) is 13.2 Å². The Kier molecular flexibility index (Phi) is 7.83. The van der Waals surface area contributed by atoms with E-state index in [1.165, 1.54) is 18.3 Å². The van der Waals surface area contributed by atoms with E-state index in [1.54, 1.807) is 39.8 Å².